The second kappa shape index (κ2) is 5.47. The fourth-order valence-electron chi connectivity index (χ4n) is 1.11. The van der Waals surface area contributed by atoms with Gasteiger partial charge in [0.25, 0.3) is 0 Å². The van der Waals surface area contributed by atoms with E-state index in [1.54, 1.807) is 6.07 Å². The molecule has 0 aromatic heterocycles. The molecule has 0 spiro atoms. The van der Waals surface area contributed by atoms with E-state index in [1.807, 2.05) is 13.0 Å². The summed E-state index contributed by atoms with van der Waals surface area (Å²) >= 11 is 11.7. The highest BCUT2D eigenvalue weighted by Crippen LogP contribution is 2.30. The molecule has 1 aromatic carbocycles. The third-order valence-corrected chi connectivity index (χ3v) is 2.70. The highest BCUT2D eigenvalue weighted by Gasteiger charge is 2.04. The Morgan fingerprint density at radius 1 is 1.21 bits per heavy atom. The van der Waals surface area contributed by atoms with Crippen molar-refractivity contribution in [2.75, 3.05) is 6.61 Å². The zero-order valence-electron chi connectivity index (χ0n) is 8.44. The Labute approximate surface area is 95.0 Å². The van der Waals surface area contributed by atoms with Crippen LogP contribution in [-0.2, 0) is 0 Å². The van der Waals surface area contributed by atoms with Crippen LogP contribution in [0.15, 0.2) is 12.1 Å². The fraction of sp³-hybridized carbons (Fsp3) is 0.455. The molecule has 14 heavy (non-hydrogen) atoms. The van der Waals surface area contributed by atoms with Gasteiger partial charge in [-0.15, -0.1) is 0 Å². The van der Waals surface area contributed by atoms with Crippen molar-refractivity contribution in [1.82, 2.24) is 0 Å². The number of halogens is 2. The van der Waals surface area contributed by atoms with E-state index in [0.29, 0.717) is 10.0 Å². The molecule has 0 unspecified atom stereocenters. The second-order valence-corrected chi connectivity index (χ2v) is 4.05. The van der Waals surface area contributed by atoms with Crippen LogP contribution in [0.4, 0.5) is 0 Å². The molecule has 3 heteroatoms. The van der Waals surface area contributed by atoms with Gasteiger partial charge in [0.2, 0.25) is 0 Å². The summed E-state index contributed by atoms with van der Waals surface area (Å²) in [7, 11) is 0. The Balaban J connectivity index is 2.72. The van der Waals surface area contributed by atoms with E-state index < -0.39 is 0 Å². The van der Waals surface area contributed by atoms with Crippen LogP contribution in [0.25, 0.3) is 0 Å². The van der Waals surface area contributed by atoms with E-state index in [2.05, 4.69) is 6.92 Å². The summed E-state index contributed by atoms with van der Waals surface area (Å²) in [5.74, 6) is 0.827. The summed E-state index contributed by atoms with van der Waals surface area (Å²) < 4.78 is 5.57. The normalized spacial score (nSPS) is 10.3. The van der Waals surface area contributed by atoms with Crippen molar-refractivity contribution in [3.05, 3.63) is 27.7 Å². The number of hydrogen-bond donors (Lipinski definition) is 0. The molecule has 0 aliphatic heterocycles. The van der Waals surface area contributed by atoms with Gasteiger partial charge >= 0.3 is 0 Å². The maximum Gasteiger partial charge on any atom is 0.123 e. The molecule has 0 amide bonds. The molecule has 0 heterocycles. The van der Waals surface area contributed by atoms with E-state index in [1.165, 1.54) is 0 Å². The van der Waals surface area contributed by atoms with Crippen molar-refractivity contribution in [2.24, 2.45) is 0 Å². The summed E-state index contributed by atoms with van der Waals surface area (Å²) in [6.45, 7) is 4.82. The van der Waals surface area contributed by atoms with Crippen LogP contribution in [0.3, 0.4) is 0 Å². The number of benzene rings is 1. The third-order valence-electron chi connectivity index (χ3n) is 1.97. The number of aryl methyl sites for hydroxylation is 1. The van der Waals surface area contributed by atoms with Crippen molar-refractivity contribution in [2.45, 2.75) is 26.7 Å². The molecule has 1 rings (SSSR count). The summed E-state index contributed by atoms with van der Waals surface area (Å²) in [5.41, 5.74) is 1.02. The Morgan fingerprint density at radius 3 is 2.50 bits per heavy atom. The van der Waals surface area contributed by atoms with Gasteiger partial charge in [0.1, 0.15) is 5.75 Å². The first-order valence-corrected chi connectivity index (χ1v) is 5.49. The van der Waals surface area contributed by atoms with Crippen LogP contribution in [0, 0.1) is 6.92 Å². The largest absolute Gasteiger partial charge is 0.493 e. The Bertz CT molecular complexity index is 310. The summed E-state index contributed by atoms with van der Waals surface area (Å²) in [4.78, 5) is 0. The van der Waals surface area contributed by atoms with Gasteiger partial charge in [-0.05, 0) is 25.0 Å². The number of unbranched alkanes of at least 4 members (excludes halogenated alkanes) is 1. The molecular weight excluding hydrogens is 219 g/mol. The Kier molecular flexibility index (Phi) is 4.56. The average molecular weight is 233 g/mol. The molecule has 0 saturated carbocycles. The third kappa shape index (κ3) is 3.07. The molecular formula is C11H14Cl2O. The molecule has 0 radical (unpaired) electrons. The summed E-state index contributed by atoms with van der Waals surface area (Å²) in [5, 5.41) is 1.12. The highest BCUT2D eigenvalue weighted by molar-refractivity contribution is 6.42. The van der Waals surface area contributed by atoms with Crippen LogP contribution in [0.5, 0.6) is 5.75 Å². The molecule has 0 atom stereocenters. The molecule has 78 valence electrons. The number of rotatable bonds is 4. The first kappa shape index (κ1) is 11.7. The van der Waals surface area contributed by atoms with Gasteiger partial charge in [-0.1, -0.05) is 36.5 Å². The maximum absolute atomic E-state index is 5.89. The van der Waals surface area contributed by atoms with E-state index in [0.717, 1.165) is 30.8 Å². The van der Waals surface area contributed by atoms with Gasteiger partial charge in [-0.3, -0.25) is 0 Å². The molecule has 0 saturated heterocycles. The van der Waals surface area contributed by atoms with Crippen LogP contribution >= 0.6 is 23.2 Å². The van der Waals surface area contributed by atoms with E-state index in [-0.39, 0.29) is 0 Å². The first-order chi connectivity index (χ1) is 6.65. The minimum atomic E-state index is 0.545. The average Bonchev–Trinajstić information content (AvgIpc) is 2.14. The van der Waals surface area contributed by atoms with Gasteiger partial charge in [-0.2, -0.15) is 0 Å². The van der Waals surface area contributed by atoms with Gasteiger partial charge in [0.05, 0.1) is 16.7 Å². The maximum atomic E-state index is 5.89. The smallest absolute Gasteiger partial charge is 0.123 e. The van der Waals surface area contributed by atoms with Crippen molar-refractivity contribution in [1.29, 1.82) is 0 Å². The van der Waals surface area contributed by atoms with Crippen LogP contribution in [0.2, 0.25) is 10.0 Å². The van der Waals surface area contributed by atoms with Crippen LogP contribution in [0.1, 0.15) is 25.3 Å². The van der Waals surface area contributed by atoms with E-state index in [4.69, 9.17) is 27.9 Å². The molecule has 1 nitrogen and oxygen atoms in total. The lowest BCUT2D eigenvalue weighted by atomic mass is 10.2. The predicted octanol–water partition coefficient (Wildman–Crippen LogP) is 4.48. The predicted molar refractivity (Wildman–Crippen MR) is 61.6 cm³/mol. The first-order valence-electron chi connectivity index (χ1n) is 4.73. The zero-order chi connectivity index (χ0) is 10.6. The monoisotopic (exact) mass is 232 g/mol. The molecule has 0 N–H and O–H groups in total. The fourth-order valence-corrected chi connectivity index (χ4v) is 1.48. The molecule has 0 aliphatic rings. The van der Waals surface area contributed by atoms with Gasteiger partial charge in [0.15, 0.2) is 0 Å². The van der Waals surface area contributed by atoms with Crippen molar-refractivity contribution in [3.8, 4) is 5.75 Å². The Hall–Kier alpha value is -0.400. The van der Waals surface area contributed by atoms with Crippen LogP contribution in [-0.4, -0.2) is 6.61 Å². The van der Waals surface area contributed by atoms with E-state index in [9.17, 15) is 0 Å². The standard InChI is InChI=1S/C11H14Cl2O/c1-3-4-5-14-11-7-10(13)9(12)6-8(11)2/h6-7H,3-5H2,1-2H3. The molecule has 0 aliphatic carbocycles. The molecule has 0 bridgehead atoms. The van der Waals surface area contributed by atoms with Crippen molar-refractivity contribution in [3.63, 3.8) is 0 Å². The van der Waals surface area contributed by atoms with E-state index >= 15 is 0 Å². The lowest BCUT2D eigenvalue weighted by Crippen LogP contribution is -1.98. The molecule has 0 fully saturated rings. The lowest BCUT2D eigenvalue weighted by Gasteiger charge is -2.09. The minimum Gasteiger partial charge on any atom is -0.493 e. The van der Waals surface area contributed by atoms with Crippen LogP contribution < -0.4 is 4.74 Å². The Morgan fingerprint density at radius 2 is 1.86 bits per heavy atom. The number of ether oxygens (including phenoxy) is 1. The summed E-state index contributed by atoms with van der Waals surface area (Å²) in [6.07, 6.45) is 2.18. The number of hydrogen-bond acceptors (Lipinski definition) is 1. The minimum absolute atomic E-state index is 0.545. The quantitative estimate of drug-likeness (QED) is 0.696. The van der Waals surface area contributed by atoms with Gasteiger partial charge < -0.3 is 4.74 Å². The SMILES string of the molecule is CCCCOc1cc(Cl)c(Cl)cc1C. The second-order valence-electron chi connectivity index (χ2n) is 3.23. The van der Waals surface area contributed by atoms with Crippen molar-refractivity contribution < 1.29 is 4.74 Å². The van der Waals surface area contributed by atoms with Gasteiger partial charge in [-0.25, -0.2) is 0 Å². The topological polar surface area (TPSA) is 9.23 Å². The molecule has 1 aromatic rings. The summed E-state index contributed by atoms with van der Waals surface area (Å²) in [6, 6.07) is 3.60. The highest BCUT2D eigenvalue weighted by atomic mass is 35.5. The van der Waals surface area contributed by atoms with Gasteiger partial charge in [0, 0.05) is 6.07 Å². The lowest BCUT2D eigenvalue weighted by molar-refractivity contribution is 0.307. The zero-order valence-corrected chi connectivity index (χ0v) is 9.95. The van der Waals surface area contributed by atoms with Crippen molar-refractivity contribution >= 4 is 23.2 Å².